The summed E-state index contributed by atoms with van der Waals surface area (Å²) in [6, 6.07) is 8.28. The maximum Gasteiger partial charge on any atom is 0.244 e. The molecule has 4 heteroatoms. The topological polar surface area (TPSA) is 46.4 Å². The highest BCUT2D eigenvalue weighted by Crippen LogP contribution is 2.66. The van der Waals surface area contributed by atoms with Crippen molar-refractivity contribution in [1.29, 1.82) is 0 Å². The minimum Gasteiger partial charge on any atom is -0.340 e. The van der Waals surface area contributed by atoms with Crippen molar-refractivity contribution >= 4 is 23.0 Å². The van der Waals surface area contributed by atoms with Crippen LogP contribution in [0.25, 0.3) is 10.9 Å². The van der Waals surface area contributed by atoms with Crippen LogP contribution in [-0.4, -0.2) is 16.7 Å². The van der Waals surface area contributed by atoms with Crippen LogP contribution < -0.4 is 5.43 Å². The number of hydrazone groups is 1. The molecule has 1 heterocycles. The summed E-state index contributed by atoms with van der Waals surface area (Å²) in [5.41, 5.74) is 6.38. The summed E-state index contributed by atoms with van der Waals surface area (Å²) >= 11 is 0. The van der Waals surface area contributed by atoms with Gasteiger partial charge in [-0.1, -0.05) is 44.0 Å². The van der Waals surface area contributed by atoms with Crippen LogP contribution in [0.1, 0.15) is 43.9 Å². The number of aromatic nitrogens is 1. The lowest BCUT2D eigenvalue weighted by Gasteiger charge is -2.15. The van der Waals surface area contributed by atoms with E-state index in [2.05, 4.69) is 47.7 Å². The predicted molar refractivity (Wildman–Crippen MR) is 106 cm³/mol. The Morgan fingerprint density at radius 3 is 2.96 bits per heavy atom. The van der Waals surface area contributed by atoms with Gasteiger partial charge in [0, 0.05) is 34.6 Å². The van der Waals surface area contributed by atoms with Crippen LogP contribution >= 0.6 is 0 Å². The van der Waals surface area contributed by atoms with Gasteiger partial charge in [0.1, 0.15) is 0 Å². The van der Waals surface area contributed by atoms with Crippen molar-refractivity contribution in [2.75, 3.05) is 0 Å². The van der Waals surface area contributed by atoms with Crippen LogP contribution in [0.5, 0.6) is 0 Å². The number of hydrogen-bond acceptors (Lipinski definition) is 2. The van der Waals surface area contributed by atoms with Crippen LogP contribution in [0.15, 0.2) is 42.0 Å². The maximum absolute atomic E-state index is 12.6. The molecule has 0 bridgehead atoms. The first-order valence-electron chi connectivity index (χ1n) is 9.59. The molecule has 3 atom stereocenters. The highest BCUT2D eigenvalue weighted by Gasteiger charge is 2.64. The summed E-state index contributed by atoms with van der Waals surface area (Å²) in [5.74, 6) is 0.788. The second-order valence-electron chi connectivity index (χ2n) is 7.99. The van der Waals surface area contributed by atoms with Crippen LogP contribution in [0.2, 0.25) is 0 Å². The van der Waals surface area contributed by atoms with Gasteiger partial charge < -0.3 is 4.57 Å². The van der Waals surface area contributed by atoms with E-state index in [1.54, 1.807) is 6.21 Å². The van der Waals surface area contributed by atoms with E-state index >= 15 is 0 Å². The molecule has 2 aliphatic rings. The highest BCUT2D eigenvalue weighted by molar-refractivity contribution is 6.01. The van der Waals surface area contributed by atoms with Gasteiger partial charge in [0.2, 0.25) is 5.91 Å². The lowest BCUT2D eigenvalue weighted by atomic mass is 9.90. The van der Waals surface area contributed by atoms with Gasteiger partial charge in [-0.2, -0.15) is 5.10 Å². The number of benzene rings is 1. The monoisotopic (exact) mass is 349 g/mol. The van der Waals surface area contributed by atoms with Crippen LogP contribution in [0, 0.1) is 24.2 Å². The average molecular weight is 349 g/mol. The van der Waals surface area contributed by atoms with Gasteiger partial charge in [-0.15, -0.1) is 6.58 Å². The molecule has 0 spiro atoms. The summed E-state index contributed by atoms with van der Waals surface area (Å²) < 4.78 is 2.22. The molecule has 1 aromatic carbocycles. The number of nitrogens with one attached hydrogen (secondary N) is 1. The van der Waals surface area contributed by atoms with Crippen molar-refractivity contribution < 1.29 is 4.79 Å². The summed E-state index contributed by atoms with van der Waals surface area (Å²) in [6.07, 6.45) is 8.57. The first kappa shape index (κ1) is 17.1. The van der Waals surface area contributed by atoms with Crippen molar-refractivity contribution in [3.05, 3.63) is 48.2 Å². The quantitative estimate of drug-likeness (QED) is 0.485. The van der Waals surface area contributed by atoms with Gasteiger partial charge in [-0.3, -0.25) is 4.79 Å². The fourth-order valence-electron chi connectivity index (χ4n) is 5.07. The van der Waals surface area contributed by atoms with Crippen molar-refractivity contribution in [2.45, 2.75) is 46.1 Å². The van der Waals surface area contributed by atoms with Gasteiger partial charge in [-0.25, -0.2) is 5.43 Å². The molecule has 0 unspecified atom stereocenters. The third-order valence-electron chi connectivity index (χ3n) is 6.57. The smallest absolute Gasteiger partial charge is 0.244 e. The van der Waals surface area contributed by atoms with Gasteiger partial charge in [0.15, 0.2) is 0 Å². The molecule has 1 N–H and O–H groups in total. The first-order valence-corrected chi connectivity index (χ1v) is 9.59. The predicted octanol–water partition coefficient (Wildman–Crippen LogP) is 4.41. The molecular formula is C22H27N3O. The molecule has 26 heavy (non-hydrogen) atoms. The average Bonchev–Trinajstić information content (AvgIpc) is 3.20. The van der Waals surface area contributed by atoms with Gasteiger partial charge >= 0.3 is 0 Å². The van der Waals surface area contributed by atoms with Crippen LogP contribution in [0.3, 0.4) is 0 Å². The Kier molecular flexibility index (Phi) is 4.22. The zero-order valence-corrected chi connectivity index (χ0v) is 15.7. The van der Waals surface area contributed by atoms with E-state index in [9.17, 15) is 4.79 Å². The Hall–Kier alpha value is -2.36. The lowest BCUT2D eigenvalue weighted by molar-refractivity contribution is -0.123. The summed E-state index contributed by atoms with van der Waals surface area (Å²) in [5, 5.41) is 5.46. The molecular weight excluding hydrogens is 322 g/mol. The standard InChI is InChI=1S/C22H27N3O/c1-4-13-25-15(2)17(16-9-5-6-11-19(16)25)14-23-24-21(26)20-18-10-7-8-12-22(18,20)3/h4-6,9,11,14,18,20H,1,7-8,10,12-13H2,2-3H3,(H,24,26)/b23-14-/t18-,20+,22+/m1/s1. The third kappa shape index (κ3) is 2.59. The van der Waals surface area contributed by atoms with E-state index in [0.29, 0.717) is 5.92 Å². The summed E-state index contributed by atoms with van der Waals surface area (Å²) in [7, 11) is 0. The van der Waals surface area contributed by atoms with E-state index in [1.165, 1.54) is 31.2 Å². The molecule has 1 aromatic heterocycles. The molecule has 4 nitrogen and oxygen atoms in total. The van der Waals surface area contributed by atoms with E-state index in [-0.39, 0.29) is 17.2 Å². The minimum atomic E-state index is 0.0862. The SMILES string of the molecule is C=CCn1c(C)c(/C=N\NC(=O)[C@@H]2[C@H]3CCCC[C@@]32C)c2ccccc21. The Morgan fingerprint density at radius 1 is 1.42 bits per heavy atom. The zero-order valence-electron chi connectivity index (χ0n) is 15.7. The normalized spacial score (nSPS) is 27.5. The van der Waals surface area contributed by atoms with E-state index in [1.807, 2.05) is 18.2 Å². The Morgan fingerprint density at radius 2 is 2.23 bits per heavy atom. The number of amides is 1. The maximum atomic E-state index is 12.6. The molecule has 4 rings (SSSR count). The number of hydrogen-bond donors (Lipinski definition) is 1. The van der Waals surface area contributed by atoms with E-state index < -0.39 is 0 Å². The molecule has 0 saturated heterocycles. The van der Waals surface area contributed by atoms with Crippen molar-refractivity contribution in [2.24, 2.45) is 22.4 Å². The number of carbonyl (C=O) groups is 1. The Balaban J connectivity index is 1.53. The number of carbonyl (C=O) groups excluding carboxylic acids is 1. The van der Waals surface area contributed by atoms with Crippen molar-refractivity contribution in [1.82, 2.24) is 9.99 Å². The second-order valence-corrected chi connectivity index (χ2v) is 7.99. The molecule has 136 valence electrons. The number of fused-ring (bicyclic) bond motifs is 2. The second kappa shape index (κ2) is 6.42. The molecule has 2 fully saturated rings. The highest BCUT2D eigenvalue weighted by atomic mass is 16.2. The molecule has 0 aliphatic heterocycles. The van der Waals surface area contributed by atoms with Gasteiger partial charge in [-0.05, 0) is 37.2 Å². The van der Waals surface area contributed by atoms with Gasteiger partial charge in [0.05, 0.1) is 6.21 Å². The molecule has 0 radical (unpaired) electrons. The molecule has 2 saturated carbocycles. The zero-order chi connectivity index (χ0) is 18.3. The summed E-state index contributed by atoms with van der Waals surface area (Å²) in [6.45, 7) is 8.96. The fraction of sp³-hybridized carbons (Fsp3) is 0.455. The third-order valence-corrected chi connectivity index (χ3v) is 6.57. The largest absolute Gasteiger partial charge is 0.340 e. The Labute approximate surface area is 155 Å². The number of nitrogens with zero attached hydrogens (tertiary/aromatic N) is 2. The first-order chi connectivity index (χ1) is 12.6. The van der Waals surface area contributed by atoms with Gasteiger partial charge in [0.25, 0.3) is 0 Å². The Bertz CT molecular complexity index is 894. The van der Waals surface area contributed by atoms with Crippen molar-refractivity contribution in [3.63, 3.8) is 0 Å². The number of rotatable bonds is 5. The molecule has 2 aliphatic carbocycles. The molecule has 2 aromatic rings. The van der Waals surface area contributed by atoms with Crippen LogP contribution in [-0.2, 0) is 11.3 Å². The summed E-state index contributed by atoms with van der Waals surface area (Å²) in [4.78, 5) is 12.6. The van der Waals surface area contributed by atoms with E-state index in [4.69, 9.17) is 0 Å². The van der Waals surface area contributed by atoms with Crippen molar-refractivity contribution in [3.8, 4) is 0 Å². The van der Waals surface area contributed by atoms with Crippen LogP contribution in [0.4, 0.5) is 0 Å². The minimum absolute atomic E-state index is 0.0862. The number of para-hydroxylation sites is 1. The number of allylic oxidation sites excluding steroid dienone is 1. The van der Waals surface area contributed by atoms with E-state index in [0.717, 1.165) is 23.2 Å². The molecule has 1 amide bonds. The lowest BCUT2D eigenvalue weighted by Crippen LogP contribution is -2.22. The fourth-order valence-corrected chi connectivity index (χ4v) is 5.07.